The minimum absolute atomic E-state index is 1.10. The van der Waals surface area contributed by atoms with E-state index in [1.54, 1.807) is 0 Å². The summed E-state index contributed by atoms with van der Waals surface area (Å²) < 4.78 is 2.42. The highest BCUT2D eigenvalue weighted by atomic mass is 15.1. The molecule has 0 atom stereocenters. The van der Waals surface area contributed by atoms with Crippen LogP contribution in [0.3, 0.4) is 0 Å². The van der Waals surface area contributed by atoms with E-state index in [1.807, 2.05) is 0 Å². The van der Waals surface area contributed by atoms with Gasteiger partial charge in [0.25, 0.3) is 0 Å². The maximum absolute atomic E-state index is 2.42. The van der Waals surface area contributed by atoms with Gasteiger partial charge < -0.3 is 9.47 Å². The minimum Gasteiger partial charge on any atom is -0.310 e. The molecule has 1 aromatic heterocycles. The Morgan fingerprint density at radius 1 is 0.304 bits per heavy atom. The third kappa shape index (κ3) is 5.34. The Morgan fingerprint density at radius 3 is 1.73 bits per heavy atom. The van der Waals surface area contributed by atoms with Crippen molar-refractivity contribution in [2.45, 2.75) is 0 Å². The summed E-state index contributed by atoms with van der Waals surface area (Å²) >= 11 is 0. The van der Waals surface area contributed by atoms with Gasteiger partial charge in [0.2, 0.25) is 0 Å². The second-order valence-corrected chi connectivity index (χ2v) is 14.6. The number of fused-ring (bicyclic) bond motifs is 6. The first-order valence-corrected chi connectivity index (χ1v) is 19.3. The summed E-state index contributed by atoms with van der Waals surface area (Å²) in [7, 11) is 0. The molecule has 0 aliphatic rings. The van der Waals surface area contributed by atoms with Gasteiger partial charge in [0.15, 0.2) is 0 Å². The van der Waals surface area contributed by atoms with E-state index in [2.05, 4.69) is 228 Å². The largest absolute Gasteiger partial charge is 0.310 e. The molecule has 0 saturated heterocycles. The van der Waals surface area contributed by atoms with Gasteiger partial charge in [-0.3, -0.25) is 0 Å². The first-order chi connectivity index (χ1) is 27.8. The van der Waals surface area contributed by atoms with Crippen LogP contribution in [-0.2, 0) is 0 Å². The third-order valence-electron chi connectivity index (χ3n) is 11.3. The number of hydrogen-bond donors (Lipinski definition) is 0. The molecule has 0 fully saturated rings. The average molecular weight is 713 g/mol. The van der Waals surface area contributed by atoms with E-state index in [-0.39, 0.29) is 0 Å². The molecular formula is C54H36N2. The van der Waals surface area contributed by atoms with Gasteiger partial charge in [0.1, 0.15) is 0 Å². The normalized spacial score (nSPS) is 11.6. The van der Waals surface area contributed by atoms with Gasteiger partial charge in [-0.1, -0.05) is 152 Å². The molecule has 0 radical (unpaired) electrons. The summed E-state index contributed by atoms with van der Waals surface area (Å²) in [4.78, 5) is 2.39. The van der Waals surface area contributed by atoms with Gasteiger partial charge in [0.05, 0.1) is 11.0 Å². The molecule has 11 rings (SSSR count). The monoisotopic (exact) mass is 712 g/mol. The fourth-order valence-corrected chi connectivity index (χ4v) is 8.69. The number of aromatic nitrogens is 1. The fourth-order valence-electron chi connectivity index (χ4n) is 8.69. The highest BCUT2D eigenvalue weighted by Crippen LogP contribution is 2.43. The highest BCUT2D eigenvalue weighted by Gasteiger charge is 2.19. The van der Waals surface area contributed by atoms with Crippen molar-refractivity contribution in [2.24, 2.45) is 0 Å². The summed E-state index contributed by atoms with van der Waals surface area (Å²) in [5.41, 5.74) is 11.7. The lowest BCUT2D eigenvalue weighted by Gasteiger charge is -2.27. The number of nitrogens with zero attached hydrogens (tertiary/aromatic N) is 2. The second kappa shape index (κ2) is 13.2. The summed E-state index contributed by atoms with van der Waals surface area (Å²) in [6, 6.07) is 79.6. The van der Waals surface area contributed by atoms with Crippen LogP contribution in [-0.4, -0.2) is 4.57 Å². The molecular weight excluding hydrogens is 677 g/mol. The van der Waals surface area contributed by atoms with Crippen molar-refractivity contribution in [2.75, 3.05) is 4.90 Å². The lowest BCUT2D eigenvalue weighted by molar-refractivity contribution is 1.18. The summed E-state index contributed by atoms with van der Waals surface area (Å²) in [6.45, 7) is 0. The Morgan fingerprint density at radius 2 is 0.911 bits per heavy atom. The van der Waals surface area contributed by atoms with Crippen LogP contribution < -0.4 is 4.90 Å². The molecule has 0 N–H and O–H groups in total. The van der Waals surface area contributed by atoms with Crippen LogP contribution in [0, 0.1) is 0 Å². The summed E-state index contributed by atoms with van der Waals surface area (Å²) in [5.74, 6) is 0. The molecule has 0 unspecified atom stereocenters. The number of anilines is 3. The predicted octanol–water partition coefficient (Wildman–Crippen LogP) is 15.0. The Hall–Kier alpha value is -7.42. The Labute approximate surface area is 325 Å². The standard InChI is InChI=1S/C54H36N2/c1-2-20-44(21-3-1)56-52-26-12-25-50(54(52)51-35-41-16-6-7-17-42(41)36-53(51)56)43-19-10-22-46(34-43)55(47-32-27-37-13-4-5-15-40(37)33-47)45-30-28-39(29-31-45)49-24-11-18-38-14-8-9-23-48(38)49/h1-36H. The fraction of sp³-hybridized carbons (Fsp3) is 0. The van der Waals surface area contributed by atoms with E-state index in [1.165, 1.54) is 76.4 Å². The maximum atomic E-state index is 2.42. The Kier molecular flexibility index (Phi) is 7.53. The predicted molar refractivity (Wildman–Crippen MR) is 239 cm³/mol. The maximum Gasteiger partial charge on any atom is 0.0547 e. The van der Waals surface area contributed by atoms with Crippen molar-refractivity contribution < 1.29 is 0 Å². The van der Waals surface area contributed by atoms with Gasteiger partial charge in [0, 0.05) is 33.5 Å². The van der Waals surface area contributed by atoms with Crippen LogP contribution >= 0.6 is 0 Å². The zero-order chi connectivity index (χ0) is 37.0. The van der Waals surface area contributed by atoms with Crippen LogP contribution in [0.2, 0.25) is 0 Å². The van der Waals surface area contributed by atoms with E-state index in [0.717, 1.165) is 22.7 Å². The van der Waals surface area contributed by atoms with E-state index in [9.17, 15) is 0 Å². The average Bonchev–Trinajstić information content (AvgIpc) is 3.59. The third-order valence-corrected chi connectivity index (χ3v) is 11.3. The number of hydrogen-bond acceptors (Lipinski definition) is 1. The van der Waals surface area contributed by atoms with Gasteiger partial charge in [-0.2, -0.15) is 0 Å². The molecule has 0 saturated carbocycles. The van der Waals surface area contributed by atoms with Crippen molar-refractivity contribution in [1.82, 2.24) is 4.57 Å². The molecule has 262 valence electrons. The topological polar surface area (TPSA) is 8.17 Å². The molecule has 2 nitrogen and oxygen atoms in total. The summed E-state index contributed by atoms with van der Waals surface area (Å²) in [5, 5.41) is 9.93. The molecule has 11 aromatic rings. The highest BCUT2D eigenvalue weighted by molar-refractivity contribution is 6.18. The van der Waals surface area contributed by atoms with Crippen molar-refractivity contribution in [1.29, 1.82) is 0 Å². The Bertz CT molecular complexity index is 3240. The van der Waals surface area contributed by atoms with Crippen LogP contribution in [0.25, 0.3) is 82.1 Å². The van der Waals surface area contributed by atoms with Gasteiger partial charge in [-0.15, -0.1) is 0 Å². The molecule has 1 heterocycles. The number of benzene rings is 10. The van der Waals surface area contributed by atoms with Crippen LogP contribution in [0.5, 0.6) is 0 Å². The molecule has 10 aromatic carbocycles. The lowest BCUT2D eigenvalue weighted by atomic mass is 9.97. The van der Waals surface area contributed by atoms with E-state index in [4.69, 9.17) is 0 Å². The first-order valence-electron chi connectivity index (χ1n) is 19.3. The molecule has 0 bridgehead atoms. The molecule has 56 heavy (non-hydrogen) atoms. The van der Waals surface area contributed by atoms with Crippen LogP contribution in [0.1, 0.15) is 0 Å². The van der Waals surface area contributed by atoms with E-state index < -0.39 is 0 Å². The van der Waals surface area contributed by atoms with Crippen molar-refractivity contribution in [3.63, 3.8) is 0 Å². The second-order valence-electron chi connectivity index (χ2n) is 14.6. The molecule has 0 aliphatic carbocycles. The molecule has 0 amide bonds. The molecule has 0 aliphatic heterocycles. The van der Waals surface area contributed by atoms with Gasteiger partial charge in [-0.05, 0) is 121 Å². The zero-order valence-corrected chi connectivity index (χ0v) is 30.7. The smallest absolute Gasteiger partial charge is 0.0547 e. The zero-order valence-electron chi connectivity index (χ0n) is 30.7. The van der Waals surface area contributed by atoms with Crippen molar-refractivity contribution in [3.05, 3.63) is 218 Å². The molecule has 2 heteroatoms. The van der Waals surface area contributed by atoms with Crippen molar-refractivity contribution in [3.8, 4) is 27.9 Å². The first kappa shape index (κ1) is 32.0. The Balaban J connectivity index is 1.10. The number of para-hydroxylation sites is 1. The SMILES string of the molecule is c1ccc(-n2c3cc4ccccc4cc3c3c(-c4cccc(N(c5ccc(-c6cccc7ccccc67)cc5)c5ccc6ccccc6c5)c4)cccc32)cc1. The van der Waals surface area contributed by atoms with Gasteiger partial charge >= 0.3 is 0 Å². The van der Waals surface area contributed by atoms with E-state index >= 15 is 0 Å². The quantitative estimate of drug-likeness (QED) is 0.167. The van der Waals surface area contributed by atoms with Crippen LogP contribution in [0.4, 0.5) is 17.1 Å². The van der Waals surface area contributed by atoms with Crippen molar-refractivity contribution >= 4 is 71.2 Å². The van der Waals surface area contributed by atoms with Crippen LogP contribution in [0.15, 0.2) is 218 Å². The summed E-state index contributed by atoms with van der Waals surface area (Å²) in [6.07, 6.45) is 0. The number of rotatable bonds is 6. The molecule has 0 spiro atoms. The van der Waals surface area contributed by atoms with Gasteiger partial charge in [-0.25, -0.2) is 0 Å². The minimum atomic E-state index is 1.10. The lowest BCUT2D eigenvalue weighted by Crippen LogP contribution is -2.10. The van der Waals surface area contributed by atoms with E-state index in [0.29, 0.717) is 0 Å².